The average Bonchev–Trinajstić information content (AvgIpc) is 3.25. The van der Waals surface area contributed by atoms with Gasteiger partial charge in [0, 0.05) is 26.1 Å². The molecule has 1 saturated carbocycles. The zero-order valence-corrected chi connectivity index (χ0v) is 13.6. The van der Waals surface area contributed by atoms with Gasteiger partial charge >= 0.3 is 0 Å². The number of hydrogen-bond acceptors (Lipinski definition) is 6. The summed E-state index contributed by atoms with van der Waals surface area (Å²) in [4.78, 5) is 26.5. The summed E-state index contributed by atoms with van der Waals surface area (Å²) in [5.74, 6) is -0.606. The molecule has 9 nitrogen and oxygen atoms in total. The van der Waals surface area contributed by atoms with Crippen LogP contribution in [0.3, 0.4) is 0 Å². The molecular weight excluding hydrogens is 314 g/mol. The number of nitrogens with zero attached hydrogens (tertiary/aromatic N) is 3. The lowest BCUT2D eigenvalue weighted by Gasteiger charge is -2.33. The number of methoxy groups -OCH3 is 1. The molecule has 2 amide bonds. The number of aliphatic hydroxyl groups excluding tert-OH is 1. The van der Waals surface area contributed by atoms with Crippen molar-refractivity contribution in [3.63, 3.8) is 0 Å². The Kier molecular flexibility index (Phi) is 5.10. The molecule has 1 aromatic rings. The van der Waals surface area contributed by atoms with Gasteiger partial charge in [-0.1, -0.05) is 0 Å². The molecule has 1 saturated heterocycles. The Morgan fingerprint density at radius 1 is 1.38 bits per heavy atom. The number of carbonyl (C=O) groups excluding carboxylic acids is 2. The summed E-state index contributed by atoms with van der Waals surface area (Å²) in [6.45, 7) is 1.36. The van der Waals surface area contributed by atoms with Crippen LogP contribution in [0.5, 0.6) is 0 Å². The Hall–Kier alpha value is -2.00. The van der Waals surface area contributed by atoms with Crippen molar-refractivity contribution in [1.29, 1.82) is 0 Å². The minimum atomic E-state index is -0.730. The molecule has 2 fully saturated rings. The zero-order chi connectivity index (χ0) is 17.1. The highest BCUT2D eigenvalue weighted by Gasteiger charge is 2.40. The molecule has 3 rings (SSSR count). The Balaban J connectivity index is 1.53. The molecule has 9 heteroatoms. The number of H-pyrrole nitrogens is 1. The molecule has 3 N–H and O–H groups in total. The van der Waals surface area contributed by atoms with E-state index in [0.717, 1.165) is 12.8 Å². The van der Waals surface area contributed by atoms with Gasteiger partial charge in [-0.25, -0.2) is 0 Å². The van der Waals surface area contributed by atoms with Crippen LogP contribution in [0.4, 0.5) is 0 Å². The minimum Gasteiger partial charge on any atom is -0.391 e. The van der Waals surface area contributed by atoms with Gasteiger partial charge in [0.25, 0.3) is 5.91 Å². The zero-order valence-electron chi connectivity index (χ0n) is 13.6. The largest absolute Gasteiger partial charge is 0.391 e. The molecule has 0 spiro atoms. The van der Waals surface area contributed by atoms with Gasteiger partial charge in [-0.05, 0) is 25.7 Å². The molecule has 1 aliphatic heterocycles. The number of piperidine rings is 1. The highest BCUT2D eigenvalue weighted by Crippen LogP contribution is 2.29. The summed E-state index contributed by atoms with van der Waals surface area (Å²) in [6.07, 6.45) is 3.29. The van der Waals surface area contributed by atoms with Gasteiger partial charge < -0.3 is 20.1 Å². The first-order chi connectivity index (χ1) is 11.6. The van der Waals surface area contributed by atoms with Crippen molar-refractivity contribution < 1.29 is 19.4 Å². The van der Waals surface area contributed by atoms with E-state index in [1.807, 2.05) is 4.90 Å². The van der Waals surface area contributed by atoms with Crippen molar-refractivity contribution >= 4 is 11.8 Å². The van der Waals surface area contributed by atoms with Crippen LogP contribution in [0.2, 0.25) is 0 Å². The van der Waals surface area contributed by atoms with Crippen molar-refractivity contribution in [1.82, 2.24) is 25.6 Å². The van der Waals surface area contributed by atoms with E-state index in [1.54, 1.807) is 7.11 Å². The third-order valence-electron chi connectivity index (χ3n) is 4.93. The number of aromatic nitrogens is 3. The van der Waals surface area contributed by atoms with Crippen LogP contribution in [-0.2, 0) is 9.53 Å². The van der Waals surface area contributed by atoms with Gasteiger partial charge in [-0.15, -0.1) is 0 Å². The molecule has 0 radical (unpaired) electrons. The maximum atomic E-state index is 12.6. The van der Waals surface area contributed by atoms with Gasteiger partial charge in [0.05, 0.1) is 24.4 Å². The Bertz CT molecular complexity index is 570. The first-order valence-corrected chi connectivity index (χ1v) is 8.24. The molecule has 1 aromatic heterocycles. The van der Waals surface area contributed by atoms with E-state index in [2.05, 4.69) is 20.7 Å². The van der Waals surface area contributed by atoms with Crippen LogP contribution in [-0.4, -0.2) is 75.7 Å². The number of nitrogens with one attached hydrogen (secondary N) is 2. The SMILES string of the molecule is COC1CCN(C(=O)[C@@H]2C[C@@H](O)[C@H](NC(=O)c3cn[nH]n3)C2)CC1. The first kappa shape index (κ1) is 16.8. The van der Waals surface area contributed by atoms with Crippen molar-refractivity contribution in [3.8, 4) is 0 Å². The molecule has 2 aliphatic rings. The first-order valence-electron chi connectivity index (χ1n) is 8.24. The molecule has 3 atom stereocenters. The maximum absolute atomic E-state index is 12.6. The normalized spacial score (nSPS) is 28.1. The van der Waals surface area contributed by atoms with E-state index in [4.69, 9.17) is 4.74 Å². The van der Waals surface area contributed by atoms with Gasteiger partial charge in [0.15, 0.2) is 5.69 Å². The number of likely N-dealkylation sites (tertiary alicyclic amines) is 1. The standard InChI is InChI=1S/C15H23N5O4/c1-24-10-2-4-20(5-3-10)15(23)9-6-11(13(21)7-9)17-14(22)12-8-16-19-18-12/h8-11,13,21H,2-7H2,1H3,(H,17,22)(H,16,18,19)/t9-,11+,13+/m0/s1. The molecule has 0 aromatic carbocycles. The lowest BCUT2D eigenvalue weighted by Crippen LogP contribution is -2.43. The summed E-state index contributed by atoms with van der Waals surface area (Å²) in [5.41, 5.74) is 0.165. The Morgan fingerprint density at radius 3 is 2.75 bits per heavy atom. The van der Waals surface area contributed by atoms with Crippen LogP contribution < -0.4 is 5.32 Å². The predicted octanol–water partition coefficient (Wildman–Crippen LogP) is -0.689. The highest BCUT2D eigenvalue weighted by molar-refractivity contribution is 5.92. The smallest absolute Gasteiger partial charge is 0.273 e. The van der Waals surface area contributed by atoms with Gasteiger partial charge in [-0.3, -0.25) is 9.59 Å². The summed E-state index contributed by atoms with van der Waals surface area (Å²) in [7, 11) is 1.69. The third kappa shape index (κ3) is 3.57. The fraction of sp³-hybridized carbons (Fsp3) is 0.733. The predicted molar refractivity (Wildman–Crippen MR) is 83.0 cm³/mol. The van der Waals surface area contributed by atoms with Gasteiger partial charge in [0.1, 0.15) is 0 Å². The van der Waals surface area contributed by atoms with Crippen LogP contribution in [0, 0.1) is 5.92 Å². The molecule has 1 aliphatic carbocycles. The van der Waals surface area contributed by atoms with Crippen molar-refractivity contribution in [2.24, 2.45) is 5.92 Å². The Morgan fingerprint density at radius 2 is 2.12 bits per heavy atom. The number of hydrogen-bond donors (Lipinski definition) is 3. The van der Waals surface area contributed by atoms with Gasteiger partial charge in [0.2, 0.25) is 5.91 Å². The van der Waals surface area contributed by atoms with Crippen molar-refractivity contribution in [3.05, 3.63) is 11.9 Å². The van der Waals surface area contributed by atoms with E-state index >= 15 is 0 Å². The highest BCUT2D eigenvalue weighted by atomic mass is 16.5. The summed E-state index contributed by atoms with van der Waals surface area (Å²) >= 11 is 0. The lowest BCUT2D eigenvalue weighted by atomic mass is 10.0. The van der Waals surface area contributed by atoms with Crippen LogP contribution in [0.15, 0.2) is 6.20 Å². The second-order valence-electron chi connectivity index (χ2n) is 6.43. The quantitative estimate of drug-likeness (QED) is 0.669. The summed E-state index contributed by atoms with van der Waals surface area (Å²) in [5, 5.41) is 22.6. The Labute approximate surface area is 139 Å². The second kappa shape index (κ2) is 7.27. The molecule has 2 heterocycles. The summed E-state index contributed by atoms with van der Waals surface area (Å²) < 4.78 is 5.32. The number of carbonyl (C=O) groups is 2. The molecular formula is C15H23N5O4. The second-order valence-corrected chi connectivity index (χ2v) is 6.43. The van der Waals surface area contributed by atoms with E-state index in [1.165, 1.54) is 6.20 Å². The summed E-state index contributed by atoms with van der Waals surface area (Å²) in [6, 6.07) is -0.445. The fourth-order valence-corrected chi connectivity index (χ4v) is 3.50. The molecule has 0 bridgehead atoms. The molecule has 132 valence electrons. The lowest BCUT2D eigenvalue weighted by molar-refractivity contribution is -0.137. The number of aliphatic hydroxyl groups is 1. The average molecular weight is 337 g/mol. The maximum Gasteiger partial charge on any atom is 0.273 e. The van der Waals surface area contributed by atoms with E-state index in [9.17, 15) is 14.7 Å². The number of amides is 2. The van der Waals surface area contributed by atoms with E-state index < -0.39 is 18.1 Å². The number of ether oxygens (including phenoxy) is 1. The van der Waals surface area contributed by atoms with Gasteiger partial charge in [-0.2, -0.15) is 15.4 Å². The van der Waals surface area contributed by atoms with Crippen molar-refractivity contribution in [2.75, 3.05) is 20.2 Å². The van der Waals surface area contributed by atoms with Crippen LogP contribution in [0.1, 0.15) is 36.2 Å². The fourth-order valence-electron chi connectivity index (χ4n) is 3.50. The van der Waals surface area contributed by atoms with Crippen molar-refractivity contribution in [2.45, 2.75) is 43.9 Å². The topological polar surface area (TPSA) is 120 Å². The monoisotopic (exact) mass is 337 g/mol. The van der Waals surface area contributed by atoms with Crippen LogP contribution in [0.25, 0.3) is 0 Å². The third-order valence-corrected chi connectivity index (χ3v) is 4.93. The van der Waals surface area contributed by atoms with E-state index in [0.29, 0.717) is 25.9 Å². The van der Waals surface area contributed by atoms with E-state index in [-0.39, 0.29) is 23.6 Å². The number of aromatic amines is 1. The molecule has 24 heavy (non-hydrogen) atoms. The van der Waals surface area contributed by atoms with Crippen LogP contribution >= 0.6 is 0 Å². The minimum absolute atomic E-state index is 0.0572. The molecule has 0 unspecified atom stereocenters. The number of rotatable bonds is 4.